The molecule has 0 aliphatic carbocycles. The molecule has 3 aliphatic heterocycles. The van der Waals surface area contributed by atoms with E-state index in [1.54, 1.807) is 32.9 Å². The van der Waals surface area contributed by atoms with E-state index in [2.05, 4.69) is 30.9 Å². The van der Waals surface area contributed by atoms with Crippen molar-refractivity contribution in [3.8, 4) is 17.5 Å². The van der Waals surface area contributed by atoms with Gasteiger partial charge in [-0.1, -0.05) is 12.1 Å². The van der Waals surface area contributed by atoms with Crippen LogP contribution in [0.15, 0.2) is 42.5 Å². The summed E-state index contributed by atoms with van der Waals surface area (Å²) in [5.41, 5.74) is 0.864. The number of amides is 2. The maximum atomic E-state index is 13.6. The van der Waals surface area contributed by atoms with Crippen molar-refractivity contribution in [1.29, 1.82) is 0 Å². The number of nitrogens with zero attached hydrogens (tertiary/aromatic N) is 4. The van der Waals surface area contributed by atoms with Crippen molar-refractivity contribution in [2.75, 3.05) is 36.9 Å². The van der Waals surface area contributed by atoms with Crippen molar-refractivity contribution >= 4 is 35.6 Å². The summed E-state index contributed by atoms with van der Waals surface area (Å²) in [5, 5.41) is 29.0. The molecule has 2 amide bonds. The van der Waals surface area contributed by atoms with Crippen LogP contribution in [-0.4, -0.2) is 86.0 Å². The van der Waals surface area contributed by atoms with Gasteiger partial charge in [-0.3, -0.25) is 4.79 Å². The smallest absolute Gasteiger partial charge is 0.410 e. The van der Waals surface area contributed by atoms with Crippen LogP contribution in [0.3, 0.4) is 0 Å². The molecule has 49 heavy (non-hydrogen) atoms. The van der Waals surface area contributed by atoms with Crippen LogP contribution in [-0.2, 0) is 16.1 Å². The fourth-order valence-electron chi connectivity index (χ4n) is 5.50. The maximum Gasteiger partial charge on any atom is 0.410 e. The van der Waals surface area contributed by atoms with Crippen LogP contribution in [0.25, 0.3) is 0 Å². The van der Waals surface area contributed by atoms with Gasteiger partial charge in [0.15, 0.2) is 0 Å². The average molecular weight is 678 g/mol. The van der Waals surface area contributed by atoms with Crippen molar-refractivity contribution in [3.05, 3.63) is 53.6 Å². The van der Waals surface area contributed by atoms with Crippen LogP contribution >= 0.6 is 0 Å². The summed E-state index contributed by atoms with van der Waals surface area (Å²) in [6.07, 6.45) is 3.23. The second-order valence-electron chi connectivity index (χ2n) is 13.0. The third kappa shape index (κ3) is 10.1. The van der Waals surface area contributed by atoms with Gasteiger partial charge in [0.05, 0.1) is 18.8 Å². The lowest BCUT2D eigenvalue weighted by Gasteiger charge is -2.25. The van der Waals surface area contributed by atoms with E-state index >= 15 is 0 Å². The quantitative estimate of drug-likeness (QED) is 0.255. The minimum atomic E-state index is -1.25. The van der Waals surface area contributed by atoms with E-state index in [1.165, 1.54) is 11.0 Å². The Labute approximate surface area is 284 Å². The fraction of sp³-hybridized carbons (Fsp3) is 0.471. The van der Waals surface area contributed by atoms with Gasteiger partial charge >= 0.3 is 18.1 Å². The molecule has 2 unspecified atom stereocenters. The number of carbonyl (C=O) groups is 3. The number of carboxylic acid groups (broad SMARTS) is 1. The highest BCUT2D eigenvalue weighted by Crippen LogP contribution is 2.28. The number of hydrogen-bond acceptors (Lipinski definition) is 12. The van der Waals surface area contributed by atoms with E-state index < -0.39 is 41.5 Å². The topological polar surface area (TPSA) is 197 Å². The molecule has 1 fully saturated rings. The molecule has 1 aromatic heterocycles. The van der Waals surface area contributed by atoms with Crippen LogP contribution in [0.5, 0.6) is 17.5 Å². The summed E-state index contributed by atoms with van der Waals surface area (Å²) >= 11 is 0. The molecule has 15 nitrogen and oxygen atoms in total. The Morgan fingerprint density at radius 2 is 1.69 bits per heavy atom. The molecule has 1 saturated heterocycles. The van der Waals surface area contributed by atoms with Crippen LogP contribution in [0.2, 0.25) is 0 Å². The lowest BCUT2D eigenvalue weighted by atomic mass is 9.98. The lowest BCUT2D eigenvalue weighted by Crippen LogP contribution is -2.47. The molecule has 6 bridgehead atoms. The Kier molecular flexibility index (Phi) is 11.2. The summed E-state index contributed by atoms with van der Waals surface area (Å²) in [4.78, 5) is 52.3. The highest BCUT2D eigenvalue weighted by Gasteiger charge is 2.38. The van der Waals surface area contributed by atoms with E-state index in [0.29, 0.717) is 44.8 Å². The van der Waals surface area contributed by atoms with E-state index in [0.717, 1.165) is 30.6 Å². The Hall–Kier alpha value is -5.34. The Balaban J connectivity index is 1.33. The number of ether oxygens (including phenoxy) is 3. The van der Waals surface area contributed by atoms with Gasteiger partial charge in [0, 0.05) is 37.3 Å². The number of aromatic hydroxyl groups is 1. The molecular formula is C34H43N7O8. The average Bonchev–Trinajstić information content (AvgIpc) is 3.53. The number of aromatic nitrogens is 3. The summed E-state index contributed by atoms with van der Waals surface area (Å²) in [6.45, 7) is 7.00. The molecule has 0 spiro atoms. The predicted molar refractivity (Wildman–Crippen MR) is 179 cm³/mol. The zero-order valence-corrected chi connectivity index (χ0v) is 27.9. The fourth-order valence-corrected chi connectivity index (χ4v) is 5.50. The number of nitrogens with one attached hydrogen (secondary N) is 3. The maximum absolute atomic E-state index is 13.6. The SMILES string of the molecule is CC(C)(C)OC(=O)N1CCC(C(NC(=O)c2ccc3cc2OCCCCCCOc2ccc(cc2)CNc2nc(O)nc(n2)N3)C(=O)O)C1. The van der Waals surface area contributed by atoms with Crippen LogP contribution < -0.4 is 25.4 Å². The second-order valence-corrected chi connectivity index (χ2v) is 13.0. The van der Waals surface area contributed by atoms with Crippen molar-refractivity contribution in [3.63, 3.8) is 0 Å². The molecule has 3 aromatic rings. The highest BCUT2D eigenvalue weighted by molar-refractivity contribution is 5.99. The zero-order chi connectivity index (χ0) is 35.0. The number of carboxylic acids is 1. The number of rotatable bonds is 4. The number of anilines is 3. The van der Waals surface area contributed by atoms with Gasteiger partial charge in [-0.25, -0.2) is 9.59 Å². The Morgan fingerprint density at radius 1 is 0.980 bits per heavy atom. The van der Waals surface area contributed by atoms with Gasteiger partial charge in [0.25, 0.3) is 5.91 Å². The van der Waals surface area contributed by atoms with Gasteiger partial charge in [-0.2, -0.15) is 15.0 Å². The number of likely N-dealkylation sites (tertiary alicyclic amines) is 1. The summed E-state index contributed by atoms with van der Waals surface area (Å²) < 4.78 is 17.4. The molecule has 0 saturated carbocycles. The van der Waals surface area contributed by atoms with Crippen molar-refractivity contribution in [1.82, 2.24) is 25.2 Å². The van der Waals surface area contributed by atoms with Gasteiger partial charge < -0.3 is 45.3 Å². The molecule has 0 radical (unpaired) electrons. The van der Waals surface area contributed by atoms with E-state index in [4.69, 9.17) is 14.2 Å². The third-order valence-corrected chi connectivity index (χ3v) is 7.95. The third-order valence-electron chi connectivity index (χ3n) is 7.95. The van der Waals surface area contributed by atoms with E-state index in [-0.39, 0.29) is 29.8 Å². The van der Waals surface area contributed by atoms with E-state index in [9.17, 15) is 24.6 Å². The Bertz CT molecular complexity index is 1630. The van der Waals surface area contributed by atoms with E-state index in [1.807, 2.05) is 24.3 Å². The monoisotopic (exact) mass is 677 g/mol. The van der Waals surface area contributed by atoms with Crippen molar-refractivity contribution in [2.45, 2.75) is 71.1 Å². The molecule has 2 atom stereocenters. The summed E-state index contributed by atoms with van der Waals surface area (Å²) in [7, 11) is 0. The minimum Gasteiger partial charge on any atom is -0.494 e. The standard InChI is InChI=1S/C34H43N7O8/c1-34(2,3)49-33(46)41-15-14-22(20-41)27(29(43)44)37-28(42)25-13-10-23-18-26(25)48-17-7-5-4-6-16-47-24-11-8-21(9-12-24)19-35-30-38-31(36-23)40-32(45)39-30/h8-13,18,22,27H,4-7,14-17,19-20H2,1-3H3,(H,37,42)(H,43,44)(H3,35,36,38,39,40,45). The van der Waals surface area contributed by atoms with Gasteiger partial charge in [0.2, 0.25) is 11.9 Å². The highest BCUT2D eigenvalue weighted by atomic mass is 16.6. The van der Waals surface area contributed by atoms with Gasteiger partial charge in [-0.15, -0.1) is 0 Å². The number of benzene rings is 2. The molecule has 262 valence electrons. The molecule has 3 aliphatic rings. The Morgan fingerprint density at radius 3 is 2.41 bits per heavy atom. The number of aliphatic carboxylic acids is 1. The number of carbonyl (C=O) groups excluding carboxylic acids is 2. The molecule has 6 rings (SSSR count). The van der Waals surface area contributed by atoms with Crippen LogP contribution in [0.4, 0.5) is 22.4 Å². The van der Waals surface area contributed by atoms with Crippen LogP contribution in [0, 0.1) is 5.92 Å². The molecule has 4 heterocycles. The van der Waals surface area contributed by atoms with Crippen molar-refractivity contribution < 1.29 is 38.8 Å². The van der Waals surface area contributed by atoms with Crippen molar-refractivity contribution in [2.24, 2.45) is 5.92 Å². The lowest BCUT2D eigenvalue weighted by molar-refractivity contribution is -0.140. The number of hydrogen-bond donors (Lipinski definition) is 5. The molecule has 15 heteroatoms. The first-order valence-corrected chi connectivity index (χ1v) is 16.4. The van der Waals surface area contributed by atoms with Gasteiger partial charge in [0.1, 0.15) is 23.1 Å². The van der Waals surface area contributed by atoms with Gasteiger partial charge in [-0.05, 0) is 82.7 Å². The molecule has 5 N–H and O–H groups in total. The first-order chi connectivity index (χ1) is 23.4. The summed E-state index contributed by atoms with van der Waals surface area (Å²) in [5.74, 6) is -1.18. The predicted octanol–water partition coefficient (Wildman–Crippen LogP) is 4.70. The largest absolute Gasteiger partial charge is 0.494 e. The minimum absolute atomic E-state index is 0.0505. The molecular weight excluding hydrogens is 634 g/mol. The second kappa shape index (κ2) is 15.7. The number of fused-ring (bicyclic) bond motifs is 10. The first-order valence-electron chi connectivity index (χ1n) is 16.4. The summed E-state index contributed by atoms with van der Waals surface area (Å²) in [6, 6.07) is 10.6. The zero-order valence-electron chi connectivity index (χ0n) is 27.9. The normalized spacial score (nSPS) is 17.6. The van der Waals surface area contributed by atoms with Crippen LogP contribution in [0.1, 0.15) is 68.8 Å². The first kappa shape index (κ1) is 35.0. The molecule has 2 aromatic carbocycles.